The summed E-state index contributed by atoms with van der Waals surface area (Å²) in [5, 5.41) is 9.15. The SMILES string of the molecule is CCC(CC)CNC(=NC)NCCNC(=O)OC(C)(C)C. The summed E-state index contributed by atoms with van der Waals surface area (Å²) in [6, 6.07) is 0. The number of ether oxygens (including phenoxy) is 1. The molecule has 0 aliphatic carbocycles. The molecule has 0 aromatic carbocycles. The van der Waals surface area contributed by atoms with Crippen LogP contribution in [0.5, 0.6) is 0 Å². The minimum atomic E-state index is -0.468. The van der Waals surface area contributed by atoms with Gasteiger partial charge in [0.2, 0.25) is 0 Å². The number of amides is 1. The van der Waals surface area contributed by atoms with Crippen molar-refractivity contribution < 1.29 is 9.53 Å². The van der Waals surface area contributed by atoms with Gasteiger partial charge < -0.3 is 20.7 Å². The fourth-order valence-electron chi connectivity index (χ4n) is 1.70. The molecule has 0 bridgehead atoms. The van der Waals surface area contributed by atoms with E-state index >= 15 is 0 Å². The van der Waals surface area contributed by atoms with Crippen molar-refractivity contribution in [2.75, 3.05) is 26.7 Å². The Morgan fingerprint density at radius 2 is 1.67 bits per heavy atom. The number of carbonyl (C=O) groups excluding carboxylic acids is 1. The van der Waals surface area contributed by atoms with Crippen LogP contribution in [0.4, 0.5) is 4.79 Å². The molecule has 0 heterocycles. The van der Waals surface area contributed by atoms with Gasteiger partial charge in [-0.05, 0) is 26.7 Å². The maximum Gasteiger partial charge on any atom is 0.407 e. The summed E-state index contributed by atoms with van der Waals surface area (Å²) in [6.07, 6.45) is 1.91. The minimum absolute atomic E-state index is 0.399. The van der Waals surface area contributed by atoms with Crippen LogP contribution >= 0.6 is 0 Å². The second kappa shape index (κ2) is 10.3. The van der Waals surface area contributed by atoms with Gasteiger partial charge in [-0.25, -0.2) is 4.79 Å². The van der Waals surface area contributed by atoms with E-state index in [1.165, 1.54) is 0 Å². The van der Waals surface area contributed by atoms with Crippen molar-refractivity contribution in [3.8, 4) is 0 Å². The molecule has 1 amide bonds. The summed E-state index contributed by atoms with van der Waals surface area (Å²) in [5.74, 6) is 1.41. The highest BCUT2D eigenvalue weighted by Crippen LogP contribution is 2.06. The molecule has 0 radical (unpaired) electrons. The van der Waals surface area contributed by atoms with Gasteiger partial charge in [0.15, 0.2) is 5.96 Å². The van der Waals surface area contributed by atoms with Gasteiger partial charge in [-0.1, -0.05) is 26.7 Å². The molecule has 3 N–H and O–H groups in total. The van der Waals surface area contributed by atoms with Gasteiger partial charge in [0.1, 0.15) is 5.60 Å². The van der Waals surface area contributed by atoms with Crippen molar-refractivity contribution in [3.63, 3.8) is 0 Å². The largest absolute Gasteiger partial charge is 0.444 e. The molecule has 0 aromatic heterocycles. The van der Waals surface area contributed by atoms with Crippen LogP contribution in [0.2, 0.25) is 0 Å². The van der Waals surface area contributed by atoms with E-state index in [2.05, 4.69) is 34.8 Å². The van der Waals surface area contributed by atoms with Crippen LogP contribution in [0.3, 0.4) is 0 Å². The molecule has 0 saturated heterocycles. The van der Waals surface area contributed by atoms with Crippen LogP contribution in [-0.2, 0) is 4.74 Å². The highest BCUT2D eigenvalue weighted by molar-refractivity contribution is 5.79. The van der Waals surface area contributed by atoms with Gasteiger partial charge in [0.05, 0.1) is 0 Å². The first-order valence-corrected chi connectivity index (χ1v) is 7.73. The molecule has 0 unspecified atom stereocenters. The van der Waals surface area contributed by atoms with Gasteiger partial charge in [0, 0.05) is 26.7 Å². The van der Waals surface area contributed by atoms with E-state index in [4.69, 9.17) is 4.74 Å². The zero-order valence-electron chi connectivity index (χ0n) is 14.4. The Morgan fingerprint density at radius 3 is 2.14 bits per heavy atom. The third-order valence-corrected chi connectivity index (χ3v) is 3.02. The normalized spacial score (nSPS) is 12.2. The molecule has 0 atom stereocenters. The maximum atomic E-state index is 11.5. The lowest BCUT2D eigenvalue weighted by atomic mass is 10.0. The quantitative estimate of drug-likeness (QED) is 0.382. The molecular weight excluding hydrogens is 268 g/mol. The average Bonchev–Trinajstić information content (AvgIpc) is 2.40. The maximum absolute atomic E-state index is 11.5. The fraction of sp³-hybridized carbons (Fsp3) is 0.867. The number of carbonyl (C=O) groups is 1. The molecular formula is C15H32N4O2. The lowest BCUT2D eigenvalue weighted by Crippen LogP contribution is -2.43. The number of aliphatic imine (C=N–C) groups is 1. The molecule has 6 nitrogen and oxygen atoms in total. The summed E-state index contributed by atoms with van der Waals surface area (Å²) in [6.45, 7) is 11.9. The predicted octanol–water partition coefficient (Wildman–Crippen LogP) is 2.11. The summed E-state index contributed by atoms with van der Waals surface area (Å²) in [5.41, 5.74) is -0.468. The van der Waals surface area contributed by atoms with Crippen LogP contribution in [-0.4, -0.2) is 44.3 Å². The van der Waals surface area contributed by atoms with Gasteiger partial charge >= 0.3 is 6.09 Å². The Balaban J connectivity index is 3.85. The average molecular weight is 300 g/mol. The van der Waals surface area contributed by atoms with Crippen LogP contribution in [0.25, 0.3) is 0 Å². The third kappa shape index (κ3) is 10.9. The Hall–Kier alpha value is -1.46. The van der Waals surface area contributed by atoms with Gasteiger partial charge in [-0.15, -0.1) is 0 Å². The lowest BCUT2D eigenvalue weighted by Gasteiger charge is -2.20. The lowest BCUT2D eigenvalue weighted by molar-refractivity contribution is 0.0529. The predicted molar refractivity (Wildman–Crippen MR) is 87.7 cm³/mol. The van der Waals surface area contributed by atoms with E-state index in [1.54, 1.807) is 7.05 Å². The van der Waals surface area contributed by atoms with E-state index in [-0.39, 0.29) is 0 Å². The topological polar surface area (TPSA) is 74.8 Å². The Morgan fingerprint density at radius 1 is 1.10 bits per heavy atom. The summed E-state index contributed by atoms with van der Waals surface area (Å²) in [7, 11) is 1.74. The highest BCUT2D eigenvalue weighted by atomic mass is 16.6. The zero-order chi connectivity index (χ0) is 16.3. The first-order valence-electron chi connectivity index (χ1n) is 7.73. The van der Waals surface area contributed by atoms with Gasteiger partial charge in [-0.2, -0.15) is 0 Å². The van der Waals surface area contributed by atoms with Crippen molar-refractivity contribution in [1.82, 2.24) is 16.0 Å². The van der Waals surface area contributed by atoms with Crippen LogP contribution < -0.4 is 16.0 Å². The van der Waals surface area contributed by atoms with E-state index in [1.807, 2.05) is 20.8 Å². The number of guanidine groups is 1. The molecule has 6 heteroatoms. The molecule has 0 rings (SSSR count). The van der Waals surface area contributed by atoms with E-state index in [0.717, 1.165) is 25.3 Å². The molecule has 124 valence electrons. The smallest absolute Gasteiger partial charge is 0.407 e. The Kier molecular flexibility index (Phi) is 9.58. The minimum Gasteiger partial charge on any atom is -0.444 e. The summed E-state index contributed by atoms with van der Waals surface area (Å²) in [4.78, 5) is 15.6. The second-order valence-corrected chi connectivity index (χ2v) is 5.99. The van der Waals surface area contributed by atoms with E-state index in [0.29, 0.717) is 19.0 Å². The molecule has 0 spiro atoms. The molecule has 0 fully saturated rings. The van der Waals surface area contributed by atoms with Crippen molar-refractivity contribution >= 4 is 12.1 Å². The number of hydrogen-bond donors (Lipinski definition) is 3. The van der Waals surface area contributed by atoms with Gasteiger partial charge in [0.25, 0.3) is 0 Å². The Labute approximate surface area is 129 Å². The van der Waals surface area contributed by atoms with Crippen molar-refractivity contribution in [2.45, 2.75) is 53.1 Å². The summed E-state index contributed by atoms with van der Waals surface area (Å²) >= 11 is 0. The van der Waals surface area contributed by atoms with Crippen molar-refractivity contribution in [3.05, 3.63) is 0 Å². The van der Waals surface area contributed by atoms with Crippen LogP contribution in [0, 0.1) is 5.92 Å². The molecule has 0 aliphatic heterocycles. The fourth-order valence-corrected chi connectivity index (χ4v) is 1.70. The van der Waals surface area contributed by atoms with Crippen molar-refractivity contribution in [2.24, 2.45) is 10.9 Å². The monoisotopic (exact) mass is 300 g/mol. The number of rotatable bonds is 7. The molecule has 21 heavy (non-hydrogen) atoms. The number of nitrogens with zero attached hydrogens (tertiary/aromatic N) is 1. The number of alkyl carbamates (subject to hydrolysis) is 1. The standard InChI is InChI=1S/C15H32N4O2/c1-7-12(8-2)11-19-13(16-6)17-9-10-18-14(20)21-15(3,4)5/h12H,7-11H2,1-6H3,(H,18,20)(H2,16,17,19). The highest BCUT2D eigenvalue weighted by Gasteiger charge is 2.15. The van der Waals surface area contributed by atoms with Gasteiger partial charge in [-0.3, -0.25) is 4.99 Å². The van der Waals surface area contributed by atoms with Crippen LogP contribution in [0.1, 0.15) is 47.5 Å². The Bertz CT molecular complexity index is 320. The second-order valence-electron chi connectivity index (χ2n) is 5.99. The zero-order valence-corrected chi connectivity index (χ0v) is 14.4. The first-order chi connectivity index (χ1) is 9.82. The van der Waals surface area contributed by atoms with Crippen molar-refractivity contribution in [1.29, 1.82) is 0 Å². The van der Waals surface area contributed by atoms with Crippen LogP contribution in [0.15, 0.2) is 4.99 Å². The summed E-state index contributed by atoms with van der Waals surface area (Å²) < 4.78 is 5.16. The molecule has 0 aromatic rings. The number of hydrogen-bond acceptors (Lipinski definition) is 3. The van der Waals surface area contributed by atoms with E-state index < -0.39 is 11.7 Å². The number of nitrogens with one attached hydrogen (secondary N) is 3. The third-order valence-electron chi connectivity index (χ3n) is 3.02. The molecule has 0 aliphatic rings. The van der Waals surface area contributed by atoms with E-state index in [9.17, 15) is 4.79 Å². The first kappa shape index (κ1) is 19.5. The molecule has 0 saturated carbocycles.